The van der Waals surface area contributed by atoms with Crippen LogP contribution in [0.25, 0.3) is 27.7 Å². The molecule has 1 N–H and O–H groups in total. The molecule has 0 fully saturated rings. The highest BCUT2D eigenvalue weighted by Gasteiger charge is 2.19. The molecule has 1 heterocycles. The Morgan fingerprint density at radius 3 is 2.49 bits per heavy atom. The van der Waals surface area contributed by atoms with Crippen molar-refractivity contribution in [2.24, 2.45) is 0 Å². The van der Waals surface area contributed by atoms with E-state index >= 15 is 0 Å². The van der Waals surface area contributed by atoms with Crippen molar-refractivity contribution in [2.75, 3.05) is 26.1 Å². The van der Waals surface area contributed by atoms with Crippen LogP contribution in [0.15, 0.2) is 71.4 Å². The quantitative estimate of drug-likeness (QED) is 0.284. The van der Waals surface area contributed by atoms with E-state index in [1.807, 2.05) is 75.4 Å². The van der Waals surface area contributed by atoms with Gasteiger partial charge in [0.15, 0.2) is 0 Å². The summed E-state index contributed by atoms with van der Waals surface area (Å²) in [6.07, 6.45) is 3.32. The average molecular weight is 472 g/mol. The summed E-state index contributed by atoms with van der Waals surface area (Å²) < 4.78 is 22.5. The van der Waals surface area contributed by atoms with Gasteiger partial charge in [0, 0.05) is 33.8 Å². The van der Waals surface area contributed by atoms with Crippen molar-refractivity contribution in [3.63, 3.8) is 0 Å². The summed E-state index contributed by atoms with van der Waals surface area (Å²) in [6, 6.07) is 17.1. The highest BCUT2D eigenvalue weighted by Crippen LogP contribution is 2.41. The summed E-state index contributed by atoms with van der Waals surface area (Å²) in [6.45, 7) is 6.37. The number of hydrogen-bond donors (Lipinski definition) is 1. The maximum atomic E-state index is 12.8. The summed E-state index contributed by atoms with van der Waals surface area (Å²) in [5.74, 6) is 1.97. The van der Waals surface area contributed by atoms with Gasteiger partial charge in [0.25, 0.3) is 0 Å². The third-order valence-corrected chi connectivity index (χ3v) is 5.83. The standard InChI is InChI=1S/C29H29NO5/c1-6-34-22-12-10-21(11-13-22)30-27(31)14-18(2)24-16-25-26(20-8-7-9-23(15-20)32-4)17-35-29(25)19(3)28(24)33-5/h7-17H,6H2,1-5H3,(H,30,31)/b18-14+. The van der Waals surface area contributed by atoms with Crippen LogP contribution < -0.4 is 19.5 Å². The zero-order chi connectivity index (χ0) is 24.9. The summed E-state index contributed by atoms with van der Waals surface area (Å²) in [5.41, 5.74) is 5.82. The van der Waals surface area contributed by atoms with E-state index in [9.17, 15) is 4.79 Å². The molecule has 0 unspecified atom stereocenters. The van der Waals surface area contributed by atoms with Crippen LogP contribution >= 0.6 is 0 Å². The van der Waals surface area contributed by atoms with Crippen LogP contribution in [-0.2, 0) is 4.79 Å². The minimum absolute atomic E-state index is 0.230. The molecule has 4 aromatic rings. The summed E-state index contributed by atoms with van der Waals surface area (Å²) in [7, 11) is 3.27. The van der Waals surface area contributed by atoms with Crippen molar-refractivity contribution in [3.8, 4) is 28.4 Å². The van der Waals surface area contributed by atoms with Crippen molar-refractivity contribution in [3.05, 3.63) is 78.1 Å². The maximum absolute atomic E-state index is 12.8. The van der Waals surface area contributed by atoms with Gasteiger partial charge >= 0.3 is 0 Å². The van der Waals surface area contributed by atoms with Crippen LogP contribution in [0.4, 0.5) is 5.69 Å². The third-order valence-electron chi connectivity index (χ3n) is 5.83. The number of carbonyl (C=O) groups excluding carboxylic acids is 1. The molecule has 0 bridgehead atoms. The van der Waals surface area contributed by atoms with Gasteiger partial charge in [0.05, 0.1) is 27.1 Å². The van der Waals surface area contributed by atoms with Gasteiger partial charge in [-0.05, 0) is 74.4 Å². The lowest BCUT2D eigenvalue weighted by Crippen LogP contribution is -2.08. The highest BCUT2D eigenvalue weighted by atomic mass is 16.5. The van der Waals surface area contributed by atoms with Crippen LogP contribution in [0, 0.1) is 6.92 Å². The predicted molar refractivity (Wildman–Crippen MR) is 139 cm³/mol. The second-order valence-corrected chi connectivity index (χ2v) is 8.11. The number of carbonyl (C=O) groups is 1. The highest BCUT2D eigenvalue weighted by molar-refractivity contribution is 6.06. The van der Waals surface area contributed by atoms with Gasteiger partial charge in [0.2, 0.25) is 5.91 Å². The first kappa shape index (κ1) is 24.0. The molecule has 6 nitrogen and oxygen atoms in total. The van der Waals surface area contributed by atoms with Crippen LogP contribution in [-0.4, -0.2) is 26.7 Å². The Hall–Kier alpha value is -4.19. The molecular formula is C29H29NO5. The van der Waals surface area contributed by atoms with E-state index in [-0.39, 0.29) is 5.91 Å². The molecule has 0 saturated heterocycles. The molecule has 4 rings (SSSR count). The first-order valence-corrected chi connectivity index (χ1v) is 11.4. The Bertz CT molecular complexity index is 1380. The lowest BCUT2D eigenvalue weighted by atomic mass is 9.96. The fourth-order valence-corrected chi connectivity index (χ4v) is 4.14. The fraction of sp³-hybridized carbons (Fsp3) is 0.207. The zero-order valence-electron chi connectivity index (χ0n) is 20.6. The molecule has 0 radical (unpaired) electrons. The molecule has 35 heavy (non-hydrogen) atoms. The number of ether oxygens (including phenoxy) is 3. The minimum atomic E-state index is -0.230. The Morgan fingerprint density at radius 2 is 1.80 bits per heavy atom. The number of amides is 1. The number of fused-ring (bicyclic) bond motifs is 1. The number of aryl methyl sites for hydroxylation is 1. The smallest absolute Gasteiger partial charge is 0.248 e. The van der Waals surface area contributed by atoms with Crippen LogP contribution in [0.3, 0.4) is 0 Å². The summed E-state index contributed by atoms with van der Waals surface area (Å²) in [4.78, 5) is 12.8. The predicted octanol–water partition coefficient (Wildman–Crippen LogP) is 6.87. The number of furan rings is 1. The van der Waals surface area contributed by atoms with Gasteiger partial charge < -0.3 is 23.9 Å². The molecular weight excluding hydrogens is 442 g/mol. The second kappa shape index (κ2) is 10.4. The number of rotatable bonds is 8. The molecule has 1 amide bonds. The lowest BCUT2D eigenvalue weighted by Gasteiger charge is -2.13. The molecule has 0 aliphatic carbocycles. The molecule has 3 aromatic carbocycles. The van der Waals surface area contributed by atoms with Gasteiger partial charge in [-0.3, -0.25) is 4.79 Å². The monoisotopic (exact) mass is 471 g/mol. The third kappa shape index (κ3) is 5.01. The van der Waals surface area contributed by atoms with Crippen molar-refractivity contribution in [1.29, 1.82) is 0 Å². The first-order chi connectivity index (χ1) is 16.9. The topological polar surface area (TPSA) is 69.9 Å². The molecule has 0 saturated carbocycles. The summed E-state index contributed by atoms with van der Waals surface area (Å²) >= 11 is 0. The van der Waals surface area contributed by atoms with Gasteiger partial charge in [0.1, 0.15) is 22.8 Å². The van der Waals surface area contributed by atoms with Gasteiger partial charge in [-0.25, -0.2) is 0 Å². The number of benzene rings is 3. The molecule has 0 aliphatic rings. The van der Waals surface area contributed by atoms with E-state index in [2.05, 4.69) is 5.32 Å². The second-order valence-electron chi connectivity index (χ2n) is 8.11. The van der Waals surface area contributed by atoms with Crippen molar-refractivity contribution in [1.82, 2.24) is 0 Å². The average Bonchev–Trinajstić information content (AvgIpc) is 3.29. The molecule has 180 valence electrons. The van der Waals surface area contributed by atoms with E-state index in [0.29, 0.717) is 18.0 Å². The van der Waals surface area contributed by atoms with E-state index in [1.54, 1.807) is 26.6 Å². The number of hydrogen-bond acceptors (Lipinski definition) is 5. The Morgan fingerprint density at radius 1 is 1.03 bits per heavy atom. The summed E-state index contributed by atoms with van der Waals surface area (Å²) in [5, 5.41) is 3.84. The number of anilines is 1. The Kier molecular flexibility index (Phi) is 7.11. The first-order valence-electron chi connectivity index (χ1n) is 11.4. The number of nitrogens with one attached hydrogen (secondary N) is 1. The van der Waals surface area contributed by atoms with Gasteiger partial charge in [-0.15, -0.1) is 0 Å². The molecule has 6 heteroatoms. The fourth-order valence-electron chi connectivity index (χ4n) is 4.14. The Balaban J connectivity index is 1.70. The minimum Gasteiger partial charge on any atom is -0.497 e. The SMILES string of the molecule is CCOc1ccc(NC(=O)/C=C(\C)c2cc3c(-c4cccc(OC)c4)coc3c(C)c2OC)cc1. The molecule has 0 spiro atoms. The Labute approximate surface area is 205 Å². The van der Waals surface area contributed by atoms with Crippen LogP contribution in [0.5, 0.6) is 17.2 Å². The largest absolute Gasteiger partial charge is 0.497 e. The zero-order valence-corrected chi connectivity index (χ0v) is 20.6. The van der Waals surface area contributed by atoms with E-state index in [0.717, 1.165) is 50.3 Å². The molecule has 0 aliphatic heterocycles. The van der Waals surface area contributed by atoms with Crippen LogP contribution in [0.1, 0.15) is 25.0 Å². The lowest BCUT2D eigenvalue weighted by molar-refractivity contribution is -0.111. The van der Waals surface area contributed by atoms with Crippen molar-refractivity contribution in [2.45, 2.75) is 20.8 Å². The number of allylic oxidation sites excluding steroid dienone is 1. The number of methoxy groups -OCH3 is 2. The van der Waals surface area contributed by atoms with Gasteiger partial charge in [-0.2, -0.15) is 0 Å². The van der Waals surface area contributed by atoms with E-state index in [4.69, 9.17) is 18.6 Å². The van der Waals surface area contributed by atoms with Crippen molar-refractivity contribution >= 4 is 28.1 Å². The molecule has 1 aromatic heterocycles. The normalized spacial score (nSPS) is 11.4. The van der Waals surface area contributed by atoms with Gasteiger partial charge in [-0.1, -0.05) is 12.1 Å². The van der Waals surface area contributed by atoms with E-state index in [1.165, 1.54) is 0 Å². The maximum Gasteiger partial charge on any atom is 0.248 e. The van der Waals surface area contributed by atoms with Crippen LogP contribution in [0.2, 0.25) is 0 Å². The molecule has 0 atom stereocenters. The van der Waals surface area contributed by atoms with Crippen molar-refractivity contribution < 1.29 is 23.4 Å². The van der Waals surface area contributed by atoms with E-state index < -0.39 is 0 Å².